The van der Waals surface area contributed by atoms with E-state index < -0.39 is 69.7 Å². The van der Waals surface area contributed by atoms with Crippen LogP contribution in [0.25, 0.3) is 0 Å². The van der Waals surface area contributed by atoms with Gasteiger partial charge in [-0.15, -0.1) is 0 Å². The first kappa shape index (κ1) is 31.0. The van der Waals surface area contributed by atoms with Gasteiger partial charge < -0.3 is 41.7 Å². The number of allylic oxidation sites excluding steroid dienone is 1. The lowest BCUT2D eigenvalue weighted by Gasteiger charge is -2.50. The number of rotatable bonds is 6. The molecule has 3 aliphatic carbocycles. The number of fused-ring (bicyclic) bond motifs is 3. The number of Topliss-reactive ketones (excluding diaryl/α,β-unsaturated/α-hetero) is 2. The molecule has 0 saturated carbocycles. The maximum atomic E-state index is 14.1. The Labute approximate surface area is 243 Å². The third-order valence-corrected chi connectivity index (χ3v) is 8.23. The predicted octanol–water partition coefficient (Wildman–Crippen LogP) is 0.513. The summed E-state index contributed by atoms with van der Waals surface area (Å²) in [7, 11) is 6.62. The highest BCUT2D eigenvalue weighted by molar-refractivity contribution is 6.25. The van der Waals surface area contributed by atoms with Crippen LogP contribution in [0, 0.1) is 11.8 Å². The van der Waals surface area contributed by atoms with E-state index in [0.717, 1.165) is 0 Å². The number of amides is 2. The van der Waals surface area contributed by atoms with Crippen LogP contribution in [-0.4, -0.2) is 101 Å². The highest BCUT2D eigenvalue weighted by Gasteiger charge is 2.63. The standard InChI is InChI=1S/C29H39N5O8/c1-28(2,3)31-11-17(35)32-15-10-16(33(4)5)13-8-12-9-14-21(34(6)7)24(38)20(27(30)41)26(40)29(14,42)25(39)18(12)23(37)19(13)22(15)36/h10,12,14,21,31,36,38-39,42H,8-9,11H2,1-7H3,(H2,30,41)(H,32,35)/t12-,14?,21-,29-/m0/s1. The Morgan fingerprint density at radius 1 is 1.12 bits per heavy atom. The molecule has 0 spiro atoms. The van der Waals surface area contributed by atoms with Gasteiger partial charge in [0.2, 0.25) is 11.7 Å². The van der Waals surface area contributed by atoms with Crippen LogP contribution >= 0.6 is 0 Å². The largest absolute Gasteiger partial charge is 0.510 e. The van der Waals surface area contributed by atoms with Crippen LogP contribution in [0.5, 0.6) is 5.75 Å². The van der Waals surface area contributed by atoms with Gasteiger partial charge in [0.05, 0.1) is 23.8 Å². The zero-order valence-electron chi connectivity index (χ0n) is 24.8. The number of hydrogen-bond acceptors (Lipinski definition) is 11. The number of nitrogens with two attached hydrogens (primary N) is 1. The molecule has 13 heteroatoms. The molecular formula is C29H39N5O8. The summed E-state index contributed by atoms with van der Waals surface area (Å²) in [5.74, 6) is -7.79. The van der Waals surface area contributed by atoms with Crippen LogP contribution in [-0.2, 0) is 20.8 Å². The molecule has 3 aliphatic rings. The van der Waals surface area contributed by atoms with Crippen molar-refractivity contribution in [2.24, 2.45) is 17.6 Å². The van der Waals surface area contributed by atoms with Crippen molar-refractivity contribution in [2.45, 2.75) is 50.8 Å². The van der Waals surface area contributed by atoms with Crippen molar-refractivity contribution < 1.29 is 39.6 Å². The Balaban J connectivity index is 1.87. The average molecular weight is 586 g/mol. The number of carbonyl (C=O) groups is 4. The van der Waals surface area contributed by atoms with Crippen molar-refractivity contribution in [3.8, 4) is 5.75 Å². The molecule has 1 unspecified atom stereocenters. The number of likely N-dealkylation sites (N-methyl/N-ethyl adjacent to an activating group) is 1. The summed E-state index contributed by atoms with van der Waals surface area (Å²) in [4.78, 5) is 55.6. The van der Waals surface area contributed by atoms with Gasteiger partial charge in [0.1, 0.15) is 17.1 Å². The van der Waals surface area contributed by atoms with E-state index in [1.165, 1.54) is 4.90 Å². The van der Waals surface area contributed by atoms with Gasteiger partial charge in [0, 0.05) is 36.8 Å². The molecule has 1 aromatic rings. The van der Waals surface area contributed by atoms with Crippen LogP contribution < -0.4 is 21.3 Å². The number of phenolic OH excluding ortho intramolecular Hbond substituents is 1. The molecular weight excluding hydrogens is 546 g/mol. The van der Waals surface area contributed by atoms with Gasteiger partial charge in [0.25, 0.3) is 5.91 Å². The predicted molar refractivity (Wildman–Crippen MR) is 154 cm³/mol. The van der Waals surface area contributed by atoms with Gasteiger partial charge in [-0.2, -0.15) is 0 Å². The Bertz CT molecular complexity index is 1450. The van der Waals surface area contributed by atoms with Crippen LogP contribution in [0.1, 0.15) is 43.1 Å². The average Bonchev–Trinajstić information content (AvgIpc) is 2.85. The maximum Gasteiger partial charge on any atom is 0.255 e. The molecule has 0 aromatic heterocycles. The van der Waals surface area contributed by atoms with Gasteiger partial charge >= 0.3 is 0 Å². The molecule has 228 valence electrons. The van der Waals surface area contributed by atoms with Crippen molar-refractivity contribution in [1.29, 1.82) is 0 Å². The number of anilines is 2. The third kappa shape index (κ3) is 4.80. The maximum absolute atomic E-state index is 14.1. The van der Waals surface area contributed by atoms with Crippen molar-refractivity contribution in [2.75, 3.05) is 45.0 Å². The van der Waals surface area contributed by atoms with E-state index in [2.05, 4.69) is 10.6 Å². The van der Waals surface area contributed by atoms with Crippen molar-refractivity contribution >= 4 is 34.8 Å². The van der Waals surface area contributed by atoms with Crippen LogP contribution in [0.2, 0.25) is 0 Å². The molecule has 42 heavy (non-hydrogen) atoms. The zero-order chi connectivity index (χ0) is 31.6. The molecule has 13 nitrogen and oxygen atoms in total. The molecule has 8 N–H and O–H groups in total. The highest BCUT2D eigenvalue weighted by Crippen LogP contribution is 2.53. The van der Waals surface area contributed by atoms with E-state index in [1.807, 2.05) is 20.8 Å². The van der Waals surface area contributed by atoms with Crippen LogP contribution in [0.3, 0.4) is 0 Å². The minimum atomic E-state index is -2.73. The molecule has 1 aromatic carbocycles. The van der Waals surface area contributed by atoms with Gasteiger partial charge in [-0.25, -0.2) is 0 Å². The van der Waals surface area contributed by atoms with E-state index in [4.69, 9.17) is 5.73 Å². The summed E-state index contributed by atoms with van der Waals surface area (Å²) in [6, 6.07) is 0.487. The summed E-state index contributed by atoms with van der Waals surface area (Å²) in [6.07, 6.45) is 0.117. The van der Waals surface area contributed by atoms with Crippen molar-refractivity contribution in [3.05, 3.63) is 39.9 Å². The number of nitrogens with zero attached hydrogens (tertiary/aromatic N) is 2. The fourth-order valence-corrected chi connectivity index (χ4v) is 6.33. The number of benzene rings is 1. The molecule has 0 radical (unpaired) electrons. The SMILES string of the molecule is CN(C)c1cc(NC(=O)CNC(C)(C)C)c(O)c2c1C[C@H]1CC3[C@H](N(C)C)C(O)=C(C(N)=O)C(=O)[C@@]3(O)C(O)=C1C2=O. The van der Waals surface area contributed by atoms with Gasteiger partial charge in [0.15, 0.2) is 17.1 Å². The van der Waals surface area contributed by atoms with E-state index in [-0.39, 0.29) is 41.7 Å². The summed E-state index contributed by atoms with van der Waals surface area (Å²) >= 11 is 0. The normalized spacial score (nSPS) is 25.7. The lowest BCUT2D eigenvalue weighted by atomic mass is 9.58. The monoisotopic (exact) mass is 585 g/mol. The van der Waals surface area contributed by atoms with Crippen molar-refractivity contribution in [3.63, 3.8) is 0 Å². The second kappa shape index (κ2) is 10.4. The molecule has 0 aliphatic heterocycles. The van der Waals surface area contributed by atoms with Gasteiger partial charge in [-0.05, 0) is 65.3 Å². The minimum Gasteiger partial charge on any atom is -0.510 e. The Morgan fingerprint density at radius 2 is 1.74 bits per heavy atom. The quantitative estimate of drug-likeness (QED) is 0.181. The lowest BCUT2D eigenvalue weighted by Crippen LogP contribution is -2.63. The lowest BCUT2D eigenvalue weighted by molar-refractivity contribution is -0.148. The summed E-state index contributed by atoms with van der Waals surface area (Å²) in [5.41, 5.74) is 1.96. The number of aromatic hydroxyl groups is 1. The fourth-order valence-electron chi connectivity index (χ4n) is 6.33. The topological polar surface area (TPSA) is 206 Å². The molecule has 0 bridgehead atoms. The zero-order valence-corrected chi connectivity index (χ0v) is 24.8. The summed E-state index contributed by atoms with van der Waals surface area (Å²) < 4.78 is 0. The fraction of sp³-hybridized carbons (Fsp3) is 0.517. The van der Waals surface area contributed by atoms with E-state index >= 15 is 0 Å². The molecule has 2 amide bonds. The molecule has 4 atom stereocenters. The molecule has 0 saturated heterocycles. The highest BCUT2D eigenvalue weighted by atomic mass is 16.3. The van der Waals surface area contributed by atoms with E-state index in [1.54, 1.807) is 39.2 Å². The van der Waals surface area contributed by atoms with E-state index in [0.29, 0.717) is 11.3 Å². The second-order valence-electron chi connectivity index (χ2n) is 12.7. The number of aliphatic hydroxyl groups excluding tert-OH is 2. The first-order chi connectivity index (χ1) is 19.3. The number of ketones is 2. The number of phenols is 1. The van der Waals surface area contributed by atoms with Crippen LogP contribution in [0.15, 0.2) is 28.7 Å². The number of carbonyl (C=O) groups excluding carboxylic acids is 4. The van der Waals surface area contributed by atoms with Crippen LogP contribution in [0.4, 0.5) is 11.4 Å². The summed E-state index contributed by atoms with van der Waals surface area (Å²) in [6.45, 7) is 5.60. The van der Waals surface area contributed by atoms with Gasteiger partial charge in [-0.1, -0.05) is 0 Å². The molecule has 4 rings (SSSR count). The van der Waals surface area contributed by atoms with Gasteiger partial charge in [-0.3, -0.25) is 24.1 Å². The smallest absolute Gasteiger partial charge is 0.255 e. The second-order valence-corrected chi connectivity index (χ2v) is 12.7. The Kier molecular flexibility index (Phi) is 7.68. The Morgan fingerprint density at radius 3 is 2.26 bits per heavy atom. The molecule has 0 fully saturated rings. The Hall–Kier alpha value is -3.94. The third-order valence-electron chi connectivity index (χ3n) is 8.23. The van der Waals surface area contributed by atoms with Crippen molar-refractivity contribution in [1.82, 2.24) is 10.2 Å². The first-order valence-electron chi connectivity index (χ1n) is 13.6. The number of hydrogen-bond donors (Lipinski definition) is 7. The number of primary amides is 1. The summed E-state index contributed by atoms with van der Waals surface area (Å²) in [5, 5.41) is 51.1. The first-order valence-corrected chi connectivity index (χ1v) is 13.6. The minimum absolute atomic E-state index is 0.0175. The number of aliphatic hydroxyl groups is 3. The number of nitrogens with one attached hydrogen (secondary N) is 2. The molecule has 0 heterocycles. The van der Waals surface area contributed by atoms with E-state index in [9.17, 15) is 39.6 Å².